The molecule has 1 aliphatic heterocycles. The highest BCUT2D eigenvalue weighted by atomic mass is 16.5. The number of para-hydroxylation sites is 1. The molecule has 2 aromatic carbocycles. The predicted molar refractivity (Wildman–Crippen MR) is 127 cm³/mol. The van der Waals surface area contributed by atoms with Gasteiger partial charge in [-0.2, -0.15) is 5.10 Å². The van der Waals surface area contributed by atoms with Gasteiger partial charge in [-0.3, -0.25) is 9.59 Å². The number of rotatable bonds is 5. The van der Waals surface area contributed by atoms with Crippen LogP contribution in [-0.2, 0) is 4.79 Å². The normalized spacial score (nSPS) is 14.1. The lowest BCUT2D eigenvalue weighted by Crippen LogP contribution is -2.37. The fourth-order valence-corrected chi connectivity index (χ4v) is 4.47. The number of amides is 2. The highest BCUT2D eigenvalue weighted by Crippen LogP contribution is 2.34. The van der Waals surface area contributed by atoms with Crippen LogP contribution in [0.2, 0.25) is 0 Å². The number of nitrogens with two attached hydrogens (primary N) is 1. The number of H-pyrrole nitrogens is 1. The third kappa shape index (κ3) is 3.88. The van der Waals surface area contributed by atoms with Crippen molar-refractivity contribution in [2.24, 2.45) is 5.73 Å². The summed E-state index contributed by atoms with van der Waals surface area (Å²) in [6, 6.07) is 16.9. The fraction of sp³-hybridized carbons (Fsp3) is 0.192. The maximum atomic E-state index is 12.4. The number of likely N-dealkylation sites (tertiary alicyclic amines) is 1. The van der Waals surface area contributed by atoms with Crippen LogP contribution in [0.15, 0.2) is 60.8 Å². The number of hydrogen-bond donors (Lipinski definition) is 2. The third-order valence-electron chi connectivity index (χ3n) is 6.19. The van der Waals surface area contributed by atoms with Gasteiger partial charge in [-0.1, -0.05) is 18.2 Å². The number of aromatic amines is 1. The number of nitrogens with one attached hydrogen (secondary N) is 1. The molecule has 2 aromatic heterocycles. The van der Waals surface area contributed by atoms with E-state index in [0.717, 1.165) is 35.4 Å². The van der Waals surface area contributed by atoms with Crippen molar-refractivity contribution in [3.8, 4) is 35.1 Å². The van der Waals surface area contributed by atoms with Crippen molar-refractivity contribution in [1.82, 2.24) is 19.5 Å². The van der Waals surface area contributed by atoms with Crippen LogP contribution >= 0.6 is 0 Å². The summed E-state index contributed by atoms with van der Waals surface area (Å²) >= 11 is 0. The molecule has 0 saturated carbocycles. The molecule has 0 spiro atoms. The number of aromatic nitrogens is 3. The lowest BCUT2D eigenvalue weighted by Gasteiger charge is -2.30. The Bertz CT molecular complexity index is 1390. The second-order valence-electron chi connectivity index (χ2n) is 8.22. The largest absolute Gasteiger partial charge is 0.457 e. The summed E-state index contributed by atoms with van der Waals surface area (Å²) in [5.41, 5.74) is 9.15. The summed E-state index contributed by atoms with van der Waals surface area (Å²) in [5.74, 6) is 2.93. The first-order valence-corrected chi connectivity index (χ1v) is 11.0. The Balaban J connectivity index is 1.44. The van der Waals surface area contributed by atoms with Gasteiger partial charge < -0.3 is 20.4 Å². The summed E-state index contributed by atoms with van der Waals surface area (Å²) in [5, 5.41) is 4.45. The molecule has 3 N–H and O–H groups in total. The average Bonchev–Trinajstić information content (AvgIpc) is 3.44. The van der Waals surface area contributed by atoms with Gasteiger partial charge in [-0.25, -0.2) is 4.52 Å². The Morgan fingerprint density at radius 2 is 1.74 bits per heavy atom. The molecule has 0 radical (unpaired) electrons. The molecule has 3 heterocycles. The number of nitrogens with zero attached hydrogens (tertiary/aromatic N) is 3. The van der Waals surface area contributed by atoms with E-state index in [-0.39, 0.29) is 17.5 Å². The van der Waals surface area contributed by atoms with Crippen molar-refractivity contribution in [3.63, 3.8) is 0 Å². The Kier molecular flexibility index (Phi) is 5.52. The summed E-state index contributed by atoms with van der Waals surface area (Å²) in [6.07, 6.45) is 8.54. The smallest absolute Gasteiger partial charge is 0.298 e. The molecule has 1 saturated heterocycles. The van der Waals surface area contributed by atoms with E-state index in [1.807, 2.05) is 54.6 Å². The summed E-state index contributed by atoms with van der Waals surface area (Å²) in [6.45, 7) is 1.17. The highest BCUT2D eigenvalue weighted by molar-refractivity contribution is 5.98. The predicted octanol–water partition coefficient (Wildman–Crippen LogP) is 3.56. The second-order valence-corrected chi connectivity index (χ2v) is 8.22. The van der Waals surface area contributed by atoms with Crippen LogP contribution < -0.4 is 10.5 Å². The molecule has 0 unspecified atom stereocenters. The topological polar surface area (TPSA) is 106 Å². The number of hydrogen-bond acceptors (Lipinski definition) is 4. The van der Waals surface area contributed by atoms with E-state index >= 15 is 0 Å². The van der Waals surface area contributed by atoms with Crippen LogP contribution in [0.1, 0.15) is 34.8 Å². The quantitative estimate of drug-likeness (QED) is 0.451. The molecule has 4 aromatic rings. The van der Waals surface area contributed by atoms with E-state index in [4.69, 9.17) is 16.9 Å². The number of benzene rings is 2. The zero-order valence-electron chi connectivity index (χ0n) is 18.4. The first kappa shape index (κ1) is 21.3. The zero-order chi connectivity index (χ0) is 23.7. The van der Waals surface area contributed by atoms with Crippen LogP contribution in [0.4, 0.5) is 0 Å². The zero-order valence-corrected chi connectivity index (χ0v) is 18.4. The highest BCUT2D eigenvalue weighted by Gasteiger charge is 2.28. The molecule has 8 heteroatoms. The van der Waals surface area contributed by atoms with Gasteiger partial charge in [0.15, 0.2) is 5.69 Å². The first-order valence-electron chi connectivity index (χ1n) is 11.0. The number of carbonyl (C=O) groups excluding carboxylic acids is 2. The van der Waals surface area contributed by atoms with Gasteiger partial charge in [-0.05, 0) is 61.1 Å². The lowest BCUT2D eigenvalue weighted by molar-refractivity contribution is -0.126. The first-order chi connectivity index (χ1) is 16.5. The van der Waals surface area contributed by atoms with E-state index in [0.29, 0.717) is 24.5 Å². The van der Waals surface area contributed by atoms with Crippen LogP contribution in [-0.4, -0.2) is 44.4 Å². The molecular formula is C26H23N5O3. The van der Waals surface area contributed by atoms with Gasteiger partial charge in [0, 0.05) is 24.2 Å². The maximum absolute atomic E-state index is 12.4. The van der Waals surface area contributed by atoms with Crippen molar-refractivity contribution in [3.05, 3.63) is 72.1 Å². The van der Waals surface area contributed by atoms with Gasteiger partial charge in [-0.15, -0.1) is 6.42 Å². The third-order valence-corrected chi connectivity index (χ3v) is 6.19. The molecule has 5 rings (SSSR count). The van der Waals surface area contributed by atoms with E-state index in [1.165, 1.54) is 0 Å². The number of piperidine rings is 1. The van der Waals surface area contributed by atoms with Gasteiger partial charge in [0.05, 0.1) is 11.9 Å². The molecular weight excluding hydrogens is 430 g/mol. The summed E-state index contributed by atoms with van der Waals surface area (Å²) < 4.78 is 7.43. The molecule has 34 heavy (non-hydrogen) atoms. The number of primary amides is 1. The van der Waals surface area contributed by atoms with Gasteiger partial charge in [0.1, 0.15) is 17.1 Å². The van der Waals surface area contributed by atoms with Gasteiger partial charge in [0.25, 0.3) is 11.8 Å². The second kappa shape index (κ2) is 8.79. The number of fused-ring (bicyclic) bond motifs is 1. The van der Waals surface area contributed by atoms with Crippen LogP contribution in [0.5, 0.6) is 11.5 Å². The molecule has 0 atom stereocenters. The van der Waals surface area contributed by atoms with Gasteiger partial charge in [0.2, 0.25) is 0 Å². The van der Waals surface area contributed by atoms with Crippen LogP contribution in [0.25, 0.3) is 16.9 Å². The van der Waals surface area contributed by atoms with Crippen molar-refractivity contribution in [1.29, 1.82) is 0 Å². The minimum absolute atomic E-state index is 0.188. The molecule has 0 aliphatic carbocycles. The van der Waals surface area contributed by atoms with Crippen molar-refractivity contribution >= 4 is 17.5 Å². The van der Waals surface area contributed by atoms with Crippen LogP contribution in [0.3, 0.4) is 0 Å². The fourth-order valence-electron chi connectivity index (χ4n) is 4.47. The average molecular weight is 454 g/mol. The summed E-state index contributed by atoms with van der Waals surface area (Å²) in [7, 11) is 0. The molecule has 1 aliphatic rings. The molecule has 2 amide bonds. The number of carbonyl (C=O) groups is 2. The minimum atomic E-state index is -0.574. The monoisotopic (exact) mass is 453 g/mol. The molecule has 170 valence electrons. The van der Waals surface area contributed by atoms with E-state index in [2.05, 4.69) is 16.0 Å². The lowest BCUT2D eigenvalue weighted by atomic mass is 9.91. The number of ether oxygens (including phenoxy) is 1. The maximum Gasteiger partial charge on any atom is 0.298 e. The van der Waals surface area contributed by atoms with Crippen molar-refractivity contribution in [2.75, 3.05) is 13.1 Å². The Hall–Kier alpha value is -4.51. The standard InChI is InChI=1S/C26H23N5O3/c1-2-22(32)30-14-12-17(13-15-30)21-16-28-31-24(25(27)33)23(29-26(21)31)18-8-10-20(11-9-18)34-19-6-4-3-5-7-19/h1,3-11,16-17,29H,12-15H2,(H2,27,33). The van der Waals surface area contributed by atoms with Crippen LogP contribution in [0, 0.1) is 12.3 Å². The molecule has 0 bridgehead atoms. The summed E-state index contributed by atoms with van der Waals surface area (Å²) in [4.78, 5) is 29.2. The Labute approximate surface area is 196 Å². The molecule has 1 fully saturated rings. The molecule has 8 nitrogen and oxygen atoms in total. The number of terminal acetylenes is 1. The van der Waals surface area contributed by atoms with Crippen molar-refractivity contribution in [2.45, 2.75) is 18.8 Å². The van der Waals surface area contributed by atoms with E-state index in [1.54, 1.807) is 15.6 Å². The Morgan fingerprint density at radius 1 is 1.06 bits per heavy atom. The minimum Gasteiger partial charge on any atom is -0.457 e. The SMILES string of the molecule is C#CC(=O)N1CCC(c2cnn3c(C(N)=O)c(-c4ccc(Oc5ccccc5)cc4)[nH]c23)CC1. The Morgan fingerprint density at radius 3 is 2.38 bits per heavy atom. The van der Waals surface area contributed by atoms with E-state index in [9.17, 15) is 9.59 Å². The van der Waals surface area contributed by atoms with Gasteiger partial charge >= 0.3 is 0 Å². The number of imidazole rings is 1. The van der Waals surface area contributed by atoms with E-state index < -0.39 is 5.91 Å². The van der Waals surface area contributed by atoms with Crippen molar-refractivity contribution < 1.29 is 14.3 Å².